The van der Waals surface area contributed by atoms with Crippen LogP contribution in [0.2, 0.25) is 10.0 Å². The lowest BCUT2D eigenvalue weighted by atomic mass is 9.99. The van der Waals surface area contributed by atoms with Gasteiger partial charge >= 0.3 is 6.03 Å². The Balaban J connectivity index is 1.89. The molecule has 0 fully saturated rings. The maximum atomic E-state index is 14.0. The van der Waals surface area contributed by atoms with Crippen LogP contribution < -0.4 is 16.2 Å². The Morgan fingerprint density at radius 2 is 1.72 bits per heavy atom. The van der Waals surface area contributed by atoms with Gasteiger partial charge in [-0.05, 0) is 36.4 Å². The number of anilines is 2. The second kappa shape index (κ2) is 8.61. The van der Waals surface area contributed by atoms with Crippen molar-refractivity contribution in [2.45, 2.75) is 0 Å². The molecule has 0 aliphatic rings. The first-order chi connectivity index (χ1) is 15.3. The highest BCUT2D eigenvalue weighted by Crippen LogP contribution is 2.38. The summed E-state index contributed by atoms with van der Waals surface area (Å²) in [7, 11) is 1.55. The molecule has 4 rings (SSSR count). The molecule has 1 aromatic heterocycles. The number of carbonyl (C=O) groups is 1. The van der Waals surface area contributed by atoms with Gasteiger partial charge in [-0.2, -0.15) is 0 Å². The number of nitrogens with zero attached hydrogens (tertiary/aromatic N) is 1. The van der Waals surface area contributed by atoms with Crippen LogP contribution in [0.1, 0.15) is 0 Å². The van der Waals surface area contributed by atoms with Crippen molar-refractivity contribution in [3.8, 4) is 11.1 Å². The van der Waals surface area contributed by atoms with Crippen molar-refractivity contribution in [1.29, 1.82) is 0 Å². The predicted octanol–water partition coefficient (Wildman–Crippen LogP) is 6.43. The summed E-state index contributed by atoms with van der Waals surface area (Å²) in [6, 6.07) is 13.7. The third kappa shape index (κ3) is 4.04. The number of urea groups is 1. The molecule has 1 heterocycles. The number of amides is 2. The molecule has 9 heteroatoms. The lowest BCUT2D eigenvalue weighted by molar-refractivity contribution is 0.262. The van der Waals surface area contributed by atoms with E-state index in [1.807, 2.05) is 0 Å². The third-order valence-electron chi connectivity index (χ3n) is 4.92. The van der Waals surface area contributed by atoms with Gasteiger partial charge < -0.3 is 15.2 Å². The molecule has 162 valence electrons. The normalized spacial score (nSPS) is 10.9. The van der Waals surface area contributed by atoms with Crippen molar-refractivity contribution in [2.75, 3.05) is 10.6 Å². The molecule has 0 atom stereocenters. The van der Waals surface area contributed by atoms with Crippen LogP contribution in [0.5, 0.6) is 0 Å². The van der Waals surface area contributed by atoms with Crippen LogP contribution in [0.25, 0.3) is 22.0 Å². The summed E-state index contributed by atoms with van der Waals surface area (Å²) in [6.07, 6.45) is 0. The van der Waals surface area contributed by atoms with E-state index in [9.17, 15) is 18.4 Å². The number of fused-ring (bicyclic) bond motifs is 1. The molecule has 0 aliphatic carbocycles. The minimum Gasteiger partial charge on any atom is -0.310 e. The molecule has 32 heavy (non-hydrogen) atoms. The van der Waals surface area contributed by atoms with Crippen LogP contribution in [0.15, 0.2) is 65.5 Å². The van der Waals surface area contributed by atoms with Gasteiger partial charge in [-0.1, -0.05) is 41.4 Å². The molecular weight excluding hydrogens is 459 g/mol. The molecule has 0 radical (unpaired) electrons. The zero-order chi connectivity index (χ0) is 23.0. The van der Waals surface area contributed by atoms with E-state index in [1.165, 1.54) is 4.57 Å². The van der Waals surface area contributed by atoms with Crippen LogP contribution in [0.3, 0.4) is 0 Å². The molecule has 0 saturated heterocycles. The van der Waals surface area contributed by atoms with Gasteiger partial charge in [0, 0.05) is 39.7 Å². The lowest BCUT2D eigenvalue weighted by Gasteiger charge is -2.18. The fourth-order valence-electron chi connectivity index (χ4n) is 3.44. The minimum atomic E-state index is -0.954. The summed E-state index contributed by atoms with van der Waals surface area (Å²) in [5.74, 6) is -1.74. The number of benzene rings is 3. The molecule has 0 spiro atoms. The van der Waals surface area contributed by atoms with Crippen molar-refractivity contribution in [1.82, 2.24) is 4.57 Å². The molecular formula is C23H15Cl2F2N3O2. The summed E-state index contributed by atoms with van der Waals surface area (Å²) < 4.78 is 28.5. The summed E-state index contributed by atoms with van der Waals surface area (Å²) >= 11 is 12.6. The standard InChI is InChI=1S/C23H15Cl2F2N3O2/c1-30-19-9-6-12(24)10-15(19)20(14-4-2-3-5-16(14)25)21(22(30)31)29-23(32)28-18-8-7-13(26)11-17(18)27/h2-11H,1H3,(H2,28,29,32). The van der Waals surface area contributed by atoms with Gasteiger partial charge in [0.25, 0.3) is 5.56 Å². The zero-order valence-electron chi connectivity index (χ0n) is 16.5. The first-order valence-electron chi connectivity index (χ1n) is 9.36. The molecule has 0 unspecified atom stereocenters. The first-order valence-corrected chi connectivity index (χ1v) is 10.1. The van der Waals surface area contributed by atoms with Crippen molar-refractivity contribution >= 4 is 51.5 Å². The topological polar surface area (TPSA) is 63.1 Å². The molecule has 5 nitrogen and oxygen atoms in total. The van der Waals surface area contributed by atoms with Gasteiger partial charge in [-0.15, -0.1) is 0 Å². The Bertz CT molecular complexity index is 1440. The maximum Gasteiger partial charge on any atom is 0.323 e. The number of hydrogen-bond acceptors (Lipinski definition) is 2. The number of pyridine rings is 1. The van der Waals surface area contributed by atoms with E-state index in [0.29, 0.717) is 38.1 Å². The predicted molar refractivity (Wildman–Crippen MR) is 124 cm³/mol. The van der Waals surface area contributed by atoms with E-state index in [1.54, 1.807) is 49.5 Å². The van der Waals surface area contributed by atoms with Crippen LogP contribution in [0.4, 0.5) is 25.0 Å². The summed E-state index contributed by atoms with van der Waals surface area (Å²) in [5.41, 5.74) is 0.613. The zero-order valence-corrected chi connectivity index (χ0v) is 18.1. The van der Waals surface area contributed by atoms with E-state index in [-0.39, 0.29) is 11.4 Å². The van der Waals surface area contributed by atoms with Crippen molar-refractivity contribution < 1.29 is 13.6 Å². The highest BCUT2D eigenvalue weighted by atomic mass is 35.5. The molecule has 4 aromatic rings. The van der Waals surface area contributed by atoms with Crippen LogP contribution in [-0.2, 0) is 7.05 Å². The van der Waals surface area contributed by atoms with Crippen LogP contribution >= 0.6 is 23.2 Å². The second-order valence-corrected chi connectivity index (χ2v) is 7.80. The SMILES string of the molecule is Cn1c(=O)c(NC(=O)Nc2ccc(F)cc2F)c(-c2ccccc2Cl)c2cc(Cl)ccc21. The summed E-state index contributed by atoms with van der Waals surface area (Å²) in [4.78, 5) is 25.9. The fraction of sp³-hybridized carbons (Fsp3) is 0.0435. The molecule has 0 bridgehead atoms. The van der Waals surface area contributed by atoms with Gasteiger partial charge in [-0.3, -0.25) is 4.79 Å². The number of aromatic nitrogens is 1. The van der Waals surface area contributed by atoms with E-state index < -0.39 is 23.2 Å². The van der Waals surface area contributed by atoms with E-state index >= 15 is 0 Å². The van der Waals surface area contributed by atoms with Crippen molar-refractivity contribution in [2.24, 2.45) is 7.05 Å². The summed E-state index contributed by atoms with van der Waals surface area (Å²) in [6.45, 7) is 0. The molecule has 2 N–H and O–H groups in total. The Morgan fingerprint density at radius 1 is 0.969 bits per heavy atom. The molecule has 2 amide bonds. The van der Waals surface area contributed by atoms with Gasteiger partial charge in [0.15, 0.2) is 0 Å². The number of halogens is 4. The van der Waals surface area contributed by atoms with Crippen molar-refractivity contribution in [3.05, 3.63) is 92.7 Å². The van der Waals surface area contributed by atoms with Crippen LogP contribution in [0, 0.1) is 11.6 Å². The van der Waals surface area contributed by atoms with Gasteiger partial charge in [0.1, 0.15) is 17.3 Å². The van der Waals surface area contributed by atoms with Gasteiger partial charge in [0.2, 0.25) is 0 Å². The number of hydrogen-bond donors (Lipinski definition) is 2. The number of carbonyl (C=O) groups excluding carboxylic acids is 1. The Hall–Kier alpha value is -3.42. The third-order valence-corrected chi connectivity index (χ3v) is 5.48. The average Bonchev–Trinajstić information content (AvgIpc) is 2.75. The largest absolute Gasteiger partial charge is 0.323 e. The van der Waals surface area contributed by atoms with Gasteiger partial charge in [-0.25, -0.2) is 13.6 Å². The summed E-state index contributed by atoms with van der Waals surface area (Å²) in [5, 5.41) is 6.15. The van der Waals surface area contributed by atoms with Crippen molar-refractivity contribution in [3.63, 3.8) is 0 Å². The van der Waals surface area contributed by atoms with Gasteiger partial charge in [0.05, 0.1) is 11.2 Å². The monoisotopic (exact) mass is 473 g/mol. The number of nitrogens with one attached hydrogen (secondary N) is 2. The molecule has 3 aromatic carbocycles. The number of aryl methyl sites for hydroxylation is 1. The average molecular weight is 474 g/mol. The Labute approximate surface area is 191 Å². The highest BCUT2D eigenvalue weighted by Gasteiger charge is 2.21. The molecule has 0 saturated carbocycles. The van der Waals surface area contributed by atoms with E-state index in [0.717, 1.165) is 12.1 Å². The first kappa shape index (κ1) is 21.8. The smallest absolute Gasteiger partial charge is 0.310 e. The Morgan fingerprint density at radius 3 is 2.44 bits per heavy atom. The van der Waals surface area contributed by atoms with E-state index in [2.05, 4.69) is 10.6 Å². The lowest BCUT2D eigenvalue weighted by Crippen LogP contribution is -2.28. The highest BCUT2D eigenvalue weighted by molar-refractivity contribution is 6.34. The van der Waals surface area contributed by atoms with E-state index in [4.69, 9.17) is 23.2 Å². The number of rotatable bonds is 3. The molecule has 0 aliphatic heterocycles. The minimum absolute atomic E-state index is 0.0737. The maximum absolute atomic E-state index is 14.0. The quantitative estimate of drug-likeness (QED) is 0.359. The second-order valence-electron chi connectivity index (χ2n) is 6.96. The fourth-order valence-corrected chi connectivity index (χ4v) is 3.84. The van der Waals surface area contributed by atoms with Crippen LogP contribution in [-0.4, -0.2) is 10.6 Å². The Kier molecular flexibility index (Phi) is 5.86.